The third-order valence-corrected chi connectivity index (χ3v) is 4.29. The summed E-state index contributed by atoms with van der Waals surface area (Å²) < 4.78 is 48.5. The van der Waals surface area contributed by atoms with Gasteiger partial charge in [-0.3, -0.25) is 4.72 Å². The first-order valence-electron chi connectivity index (χ1n) is 5.22. The lowest BCUT2D eigenvalue weighted by molar-refractivity contribution is 0.592. The Bertz CT molecular complexity index is 819. The number of sulfonamides is 2. The molecule has 0 fully saturated rings. The van der Waals surface area contributed by atoms with Crippen molar-refractivity contribution in [2.45, 2.75) is 10.1 Å². The summed E-state index contributed by atoms with van der Waals surface area (Å²) in [5.74, 6) is 0. The fraction of sp³-hybridized carbons (Fsp3) is 0. The number of pyridine rings is 2. The second kappa shape index (κ2) is 5.15. The van der Waals surface area contributed by atoms with E-state index >= 15 is 0 Å². The van der Waals surface area contributed by atoms with Gasteiger partial charge < -0.3 is 0 Å². The first-order valence-corrected chi connectivity index (χ1v) is 8.25. The molecule has 10 heteroatoms. The van der Waals surface area contributed by atoms with E-state index < -0.39 is 25.1 Å². The van der Waals surface area contributed by atoms with Crippen LogP contribution in [-0.4, -0.2) is 26.8 Å². The van der Waals surface area contributed by atoms with Crippen LogP contribution in [0.2, 0.25) is 0 Å². The van der Waals surface area contributed by atoms with Gasteiger partial charge in [-0.25, -0.2) is 23.5 Å². The lowest BCUT2D eigenvalue weighted by atomic mass is 10.4. The summed E-state index contributed by atoms with van der Waals surface area (Å²) in [6.07, 6.45) is 2.47. The summed E-state index contributed by atoms with van der Waals surface area (Å²) in [7, 11) is -7.91. The number of nitrogens with one attached hydrogen (secondary N) is 1. The first-order chi connectivity index (χ1) is 9.29. The molecule has 0 amide bonds. The maximum Gasteiger partial charge on any atom is 0.279 e. The minimum Gasteiger partial charge on any atom is -0.278 e. The number of nitrogens with two attached hydrogens (primary N) is 1. The molecule has 2 rings (SSSR count). The van der Waals surface area contributed by atoms with Gasteiger partial charge in [-0.05, 0) is 18.2 Å². The van der Waals surface area contributed by atoms with Crippen LogP contribution < -0.4 is 9.86 Å². The minimum atomic E-state index is -4.01. The monoisotopic (exact) mass is 314 g/mol. The first kappa shape index (κ1) is 14.4. The molecular weight excluding hydrogens is 304 g/mol. The third kappa shape index (κ3) is 3.29. The zero-order chi connectivity index (χ0) is 14.8. The summed E-state index contributed by atoms with van der Waals surface area (Å²) in [6, 6.07) is 6.73. The van der Waals surface area contributed by atoms with Crippen LogP contribution in [0.1, 0.15) is 0 Å². The molecule has 2 aromatic rings. The quantitative estimate of drug-likeness (QED) is 0.811. The van der Waals surface area contributed by atoms with Gasteiger partial charge in [0.2, 0.25) is 0 Å². The highest BCUT2D eigenvalue weighted by atomic mass is 32.2. The third-order valence-electron chi connectivity index (χ3n) is 2.19. The van der Waals surface area contributed by atoms with E-state index in [1.54, 1.807) is 6.07 Å². The number of anilines is 1. The normalized spacial score (nSPS) is 12.1. The van der Waals surface area contributed by atoms with Crippen LogP contribution in [0.15, 0.2) is 52.8 Å². The van der Waals surface area contributed by atoms with Crippen LogP contribution in [0, 0.1) is 0 Å². The van der Waals surface area contributed by atoms with Gasteiger partial charge in [-0.1, -0.05) is 6.07 Å². The van der Waals surface area contributed by atoms with Gasteiger partial charge in [0.05, 0.1) is 5.69 Å². The molecule has 3 N–H and O–H groups in total. The average molecular weight is 314 g/mol. The molecule has 0 radical (unpaired) electrons. The highest BCUT2D eigenvalue weighted by Crippen LogP contribution is 2.15. The molecule has 0 bridgehead atoms. The Balaban J connectivity index is 2.36. The van der Waals surface area contributed by atoms with Crippen molar-refractivity contribution in [3.05, 3.63) is 42.7 Å². The molecule has 0 atom stereocenters. The molecule has 0 spiro atoms. The van der Waals surface area contributed by atoms with Crippen molar-refractivity contribution < 1.29 is 16.8 Å². The number of nitrogens with zero attached hydrogens (tertiary/aromatic N) is 2. The zero-order valence-corrected chi connectivity index (χ0v) is 11.6. The summed E-state index contributed by atoms with van der Waals surface area (Å²) in [4.78, 5) is 7.26. The van der Waals surface area contributed by atoms with E-state index in [1.807, 2.05) is 0 Å². The Labute approximate surface area is 115 Å². The second-order valence-corrected chi connectivity index (χ2v) is 6.84. The van der Waals surface area contributed by atoms with Crippen molar-refractivity contribution in [3.8, 4) is 0 Å². The molecule has 0 aliphatic rings. The van der Waals surface area contributed by atoms with E-state index in [1.165, 1.54) is 24.4 Å². The predicted octanol–water partition coefficient (Wildman–Crippen LogP) is -0.0752. The van der Waals surface area contributed by atoms with Gasteiger partial charge in [-0.15, -0.1) is 0 Å². The molecule has 2 heterocycles. The molecular formula is C10H10N4O4S2. The van der Waals surface area contributed by atoms with Gasteiger partial charge in [0, 0.05) is 18.5 Å². The van der Waals surface area contributed by atoms with Crippen LogP contribution in [-0.2, 0) is 20.0 Å². The van der Waals surface area contributed by atoms with Crippen molar-refractivity contribution in [2.75, 3.05) is 4.72 Å². The van der Waals surface area contributed by atoms with Crippen molar-refractivity contribution in [1.82, 2.24) is 9.97 Å². The Hall–Kier alpha value is -2.04. The number of hydrogen-bond acceptors (Lipinski definition) is 6. The molecule has 0 saturated heterocycles. The lowest BCUT2D eigenvalue weighted by Crippen LogP contribution is -2.17. The molecule has 20 heavy (non-hydrogen) atoms. The molecule has 0 aliphatic carbocycles. The van der Waals surface area contributed by atoms with E-state index in [0.29, 0.717) is 0 Å². The largest absolute Gasteiger partial charge is 0.279 e. The van der Waals surface area contributed by atoms with Gasteiger partial charge in [-0.2, -0.15) is 8.42 Å². The number of primary sulfonamides is 1. The highest BCUT2D eigenvalue weighted by Gasteiger charge is 2.17. The van der Waals surface area contributed by atoms with Crippen LogP contribution in [0.5, 0.6) is 0 Å². The van der Waals surface area contributed by atoms with Gasteiger partial charge in [0.25, 0.3) is 20.0 Å². The fourth-order valence-corrected chi connectivity index (χ4v) is 2.84. The SMILES string of the molecule is NS(=O)(=O)c1cc(NS(=O)(=O)c2ccccn2)ccn1. The topological polar surface area (TPSA) is 132 Å². The maximum absolute atomic E-state index is 12.0. The summed E-state index contributed by atoms with van der Waals surface area (Å²) in [5, 5.41) is 4.30. The highest BCUT2D eigenvalue weighted by molar-refractivity contribution is 7.92. The van der Waals surface area contributed by atoms with Crippen molar-refractivity contribution in [2.24, 2.45) is 5.14 Å². The van der Waals surface area contributed by atoms with E-state index in [9.17, 15) is 16.8 Å². The second-order valence-electron chi connectivity index (χ2n) is 3.70. The van der Waals surface area contributed by atoms with Crippen LogP contribution >= 0.6 is 0 Å². The number of hydrogen-bond donors (Lipinski definition) is 2. The maximum atomic E-state index is 12.0. The van der Waals surface area contributed by atoms with Crippen LogP contribution in [0.25, 0.3) is 0 Å². The van der Waals surface area contributed by atoms with Gasteiger partial charge in [0.1, 0.15) is 0 Å². The minimum absolute atomic E-state index is 0.0229. The average Bonchev–Trinajstić information content (AvgIpc) is 2.38. The van der Waals surface area contributed by atoms with Crippen molar-refractivity contribution in [1.29, 1.82) is 0 Å². The van der Waals surface area contributed by atoms with Crippen LogP contribution in [0.4, 0.5) is 5.69 Å². The lowest BCUT2D eigenvalue weighted by Gasteiger charge is -2.07. The molecule has 0 unspecified atom stereocenters. The van der Waals surface area contributed by atoms with E-state index in [4.69, 9.17) is 5.14 Å². The standard InChI is InChI=1S/C10H10N4O4S2/c11-19(15,16)10-7-8(4-6-13-10)14-20(17,18)9-3-1-2-5-12-9/h1-7H,(H,13,14)(H2,11,15,16). The zero-order valence-electron chi connectivity index (χ0n) is 9.96. The van der Waals surface area contributed by atoms with Gasteiger partial charge in [0.15, 0.2) is 10.1 Å². The fourth-order valence-electron chi connectivity index (χ4n) is 1.34. The van der Waals surface area contributed by atoms with E-state index in [0.717, 1.165) is 12.3 Å². The van der Waals surface area contributed by atoms with Crippen molar-refractivity contribution in [3.63, 3.8) is 0 Å². The van der Waals surface area contributed by atoms with Gasteiger partial charge >= 0.3 is 0 Å². The molecule has 106 valence electrons. The number of aromatic nitrogens is 2. The van der Waals surface area contributed by atoms with Crippen molar-refractivity contribution >= 4 is 25.7 Å². The Morgan fingerprint density at radius 1 is 0.950 bits per heavy atom. The predicted molar refractivity (Wildman–Crippen MR) is 70.7 cm³/mol. The van der Waals surface area contributed by atoms with E-state index in [2.05, 4.69) is 14.7 Å². The summed E-state index contributed by atoms with van der Waals surface area (Å²) in [6.45, 7) is 0. The Morgan fingerprint density at radius 3 is 2.25 bits per heavy atom. The molecule has 0 aliphatic heterocycles. The Morgan fingerprint density at radius 2 is 1.65 bits per heavy atom. The summed E-state index contributed by atoms with van der Waals surface area (Å²) >= 11 is 0. The molecule has 0 aromatic carbocycles. The molecule has 2 aromatic heterocycles. The molecule has 8 nitrogen and oxygen atoms in total. The Kier molecular flexibility index (Phi) is 3.70. The van der Waals surface area contributed by atoms with E-state index in [-0.39, 0.29) is 10.7 Å². The summed E-state index contributed by atoms with van der Waals surface area (Å²) in [5.41, 5.74) is 0.0229. The number of rotatable bonds is 4. The van der Waals surface area contributed by atoms with Crippen LogP contribution in [0.3, 0.4) is 0 Å². The molecule has 0 saturated carbocycles. The smallest absolute Gasteiger partial charge is 0.278 e.